The molecule has 1 aromatic rings. The fourth-order valence-electron chi connectivity index (χ4n) is 2.30. The molecule has 1 atom stereocenters. The third-order valence-corrected chi connectivity index (χ3v) is 4.13. The maximum atomic E-state index is 10.7. The molecule has 1 N–H and O–H groups in total. The van der Waals surface area contributed by atoms with Gasteiger partial charge in [-0.05, 0) is 24.1 Å². The molecule has 0 bridgehead atoms. The topological polar surface area (TPSA) is 32.7 Å². The molecule has 1 aromatic carbocycles. The lowest BCUT2D eigenvalue weighted by atomic mass is 9.93. The summed E-state index contributed by atoms with van der Waals surface area (Å²) in [6, 6.07) is 5.33. The van der Waals surface area contributed by atoms with E-state index in [1.807, 2.05) is 6.07 Å². The van der Waals surface area contributed by atoms with E-state index in [1.54, 1.807) is 19.2 Å². The first-order valence-electron chi connectivity index (χ1n) is 5.94. The maximum Gasteiger partial charge on any atom is 0.104 e. The molecular weight excluding hydrogens is 273 g/mol. The van der Waals surface area contributed by atoms with Crippen molar-refractivity contribution in [3.63, 3.8) is 0 Å². The molecule has 0 aliphatic carbocycles. The lowest BCUT2D eigenvalue weighted by Crippen LogP contribution is -2.32. The summed E-state index contributed by atoms with van der Waals surface area (Å²) in [5.41, 5.74) is -0.000993. The van der Waals surface area contributed by atoms with Crippen LogP contribution in [0.25, 0.3) is 0 Å². The zero-order valence-electron chi connectivity index (χ0n) is 10.3. The van der Waals surface area contributed by atoms with Gasteiger partial charge in [-0.1, -0.05) is 29.3 Å². The summed E-state index contributed by atoms with van der Waals surface area (Å²) < 4.78 is 5.05. The highest BCUT2D eigenvalue weighted by atomic mass is 35.5. The Morgan fingerprint density at radius 2 is 2.17 bits per heavy atom. The van der Waals surface area contributed by atoms with Crippen LogP contribution >= 0.6 is 23.2 Å². The second-order valence-electron chi connectivity index (χ2n) is 4.68. The number of β-amino-alcohol motifs (C(OH)–C–C–N with tert-alkyl or cyclic N) is 1. The largest absolute Gasteiger partial charge is 0.384 e. The molecule has 1 unspecified atom stereocenters. The van der Waals surface area contributed by atoms with Gasteiger partial charge < -0.3 is 9.84 Å². The highest BCUT2D eigenvalue weighted by Gasteiger charge is 2.37. The first-order valence-corrected chi connectivity index (χ1v) is 6.70. The summed E-state index contributed by atoms with van der Waals surface area (Å²) in [4.78, 5) is 2.19. The van der Waals surface area contributed by atoms with Gasteiger partial charge in [0.15, 0.2) is 0 Å². The van der Waals surface area contributed by atoms with Crippen molar-refractivity contribution in [2.24, 2.45) is 0 Å². The smallest absolute Gasteiger partial charge is 0.104 e. The lowest BCUT2D eigenvalue weighted by molar-refractivity contribution is 0.0428. The Bertz CT molecular complexity index is 427. The Morgan fingerprint density at radius 1 is 1.39 bits per heavy atom. The van der Waals surface area contributed by atoms with Crippen LogP contribution in [0.2, 0.25) is 10.0 Å². The van der Waals surface area contributed by atoms with Crippen molar-refractivity contribution in [1.29, 1.82) is 0 Å². The predicted molar refractivity (Wildman–Crippen MR) is 73.3 cm³/mol. The molecule has 0 spiro atoms. The zero-order chi connectivity index (χ0) is 13.2. The minimum atomic E-state index is -0.831. The van der Waals surface area contributed by atoms with Gasteiger partial charge in [-0.15, -0.1) is 0 Å². The van der Waals surface area contributed by atoms with E-state index in [-0.39, 0.29) is 0 Å². The molecule has 100 valence electrons. The molecule has 1 heterocycles. The van der Waals surface area contributed by atoms with Crippen LogP contribution in [0.3, 0.4) is 0 Å². The van der Waals surface area contributed by atoms with Crippen LogP contribution in [0.4, 0.5) is 0 Å². The quantitative estimate of drug-likeness (QED) is 0.925. The predicted octanol–water partition coefficient (Wildman–Crippen LogP) is 2.53. The minimum Gasteiger partial charge on any atom is -0.384 e. The normalized spacial score (nSPS) is 24.7. The van der Waals surface area contributed by atoms with Gasteiger partial charge in [0.2, 0.25) is 0 Å². The van der Waals surface area contributed by atoms with Crippen LogP contribution in [0.5, 0.6) is 0 Å². The molecule has 1 aliphatic heterocycles. The Labute approximate surface area is 117 Å². The van der Waals surface area contributed by atoms with E-state index in [0.29, 0.717) is 29.6 Å². The average Bonchev–Trinajstić information content (AvgIpc) is 2.73. The molecule has 3 nitrogen and oxygen atoms in total. The number of benzene rings is 1. The third kappa shape index (κ3) is 2.98. The van der Waals surface area contributed by atoms with Crippen molar-refractivity contribution < 1.29 is 9.84 Å². The van der Waals surface area contributed by atoms with Crippen LogP contribution < -0.4 is 0 Å². The summed E-state index contributed by atoms with van der Waals surface area (Å²) in [7, 11) is 1.68. The van der Waals surface area contributed by atoms with Gasteiger partial charge in [0.1, 0.15) is 5.60 Å². The first kappa shape index (κ1) is 14.1. The third-order valence-electron chi connectivity index (χ3n) is 3.40. The van der Waals surface area contributed by atoms with E-state index in [2.05, 4.69) is 4.90 Å². The van der Waals surface area contributed by atoms with Crippen LogP contribution in [-0.2, 0) is 10.3 Å². The highest BCUT2D eigenvalue weighted by Crippen LogP contribution is 2.34. The number of hydrogen-bond acceptors (Lipinski definition) is 3. The second-order valence-corrected chi connectivity index (χ2v) is 5.49. The number of likely N-dealkylation sites (tertiary alicyclic amines) is 1. The Kier molecular flexibility index (Phi) is 4.51. The van der Waals surface area contributed by atoms with Gasteiger partial charge in [-0.2, -0.15) is 0 Å². The SMILES string of the molecule is COCCN1CCC(O)(c2ccc(Cl)c(Cl)c2)C1. The molecule has 18 heavy (non-hydrogen) atoms. The molecule has 5 heteroatoms. The number of methoxy groups -OCH3 is 1. The van der Waals surface area contributed by atoms with Crippen LogP contribution in [0.15, 0.2) is 18.2 Å². The average molecular weight is 290 g/mol. The van der Waals surface area contributed by atoms with Crippen LogP contribution in [0, 0.1) is 0 Å². The van der Waals surface area contributed by atoms with Crippen molar-refractivity contribution in [2.45, 2.75) is 12.0 Å². The van der Waals surface area contributed by atoms with E-state index < -0.39 is 5.60 Å². The van der Waals surface area contributed by atoms with Gasteiger partial charge in [0.25, 0.3) is 0 Å². The van der Waals surface area contributed by atoms with Gasteiger partial charge >= 0.3 is 0 Å². The van der Waals surface area contributed by atoms with Gasteiger partial charge in [-0.25, -0.2) is 0 Å². The summed E-state index contributed by atoms with van der Waals surface area (Å²) in [6.07, 6.45) is 0.703. The molecular formula is C13H17Cl2NO2. The Balaban J connectivity index is 2.10. The van der Waals surface area contributed by atoms with Crippen molar-refractivity contribution >= 4 is 23.2 Å². The molecule has 0 saturated carbocycles. The number of ether oxygens (including phenoxy) is 1. The maximum absolute atomic E-state index is 10.7. The van der Waals surface area contributed by atoms with Gasteiger partial charge in [0, 0.05) is 26.7 Å². The summed E-state index contributed by atoms with van der Waals surface area (Å²) in [5.74, 6) is 0. The summed E-state index contributed by atoms with van der Waals surface area (Å²) in [5, 5.41) is 11.7. The van der Waals surface area contributed by atoms with Crippen molar-refractivity contribution in [3.8, 4) is 0 Å². The van der Waals surface area contributed by atoms with E-state index >= 15 is 0 Å². The van der Waals surface area contributed by atoms with E-state index in [4.69, 9.17) is 27.9 Å². The van der Waals surface area contributed by atoms with E-state index in [1.165, 1.54) is 0 Å². The van der Waals surface area contributed by atoms with E-state index in [0.717, 1.165) is 18.7 Å². The zero-order valence-corrected chi connectivity index (χ0v) is 11.8. The Hall–Kier alpha value is -0.320. The van der Waals surface area contributed by atoms with Gasteiger partial charge in [-0.3, -0.25) is 4.90 Å². The second kappa shape index (κ2) is 5.76. The van der Waals surface area contributed by atoms with Crippen molar-refractivity contribution in [1.82, 2.24) is 4.90 Å². The van der Waals surface area contributed by atoms with Crippen molar-refractivity contribution in [3.05, 3.63) is 33.8 Å². The van der Waals surface area contributed by atoms with Gasteiger partial charge in [0.05, 0.1) is 16.7 Å². The molecule has 0 amide bonds. The number of rotatable bonds is 4. The molecule has 2 rings (SSSR count). The summed E-state index contributed by atoms with van der Waals surface area (Å²) in [6.45, 7) is 2.98. The monoisotopic (exact) mass is 289 g/mol. The first-order chi connectivity index (χ1) is 8.55. The number of halogens is 2. The fraction of sp³-hybridized carbons (Fsp3) is 0.538. The van der Waals surface area contributed by atoms with E-state index in [9.17, 15) is 5.11 Å². The van der Waals surface area contributed by atoms with Crippen molar-refractivity contribution in [2.75, 3.05) is 33.4 Å². The number of nitrogens with zero attached hydrogens (tertiary/aromatic N) is 1. The van der Waals surface area contributed by atoms with Crippen LogP contribution in [-0.4, -0.2) is 43.4 Å². The molecule has 0 aromatic heterocycles. The number of aliphatic hydroxyl groups is 1. The summed E-state index contributed by atoms with van der Waals surface area (Å²) >= 11 is 11.9. The Morgan fingerprint density at radius 3 is 2.83 bits per heavy atom. The highest BCUT2D eigenvalue weighted by molar-refractivity contribution is 6.42. The molecule has 1 aliphatic rings. The minimum absolute atomic E-state index is 0.484. The molecule has 1 saturated heterocycles. The fourth-order valence-corrected chi connectivity index (χ4v) is 2.60. The standard InChI is InChI=1S/C13H17Cl2NO2/c1-18-7-6-16-5-4-13(17,9-16)10-2-3-11(14)12(15)8-10/h2-3,8,17H,4-7,9H2,1H3. The molecule has 0 radical (unpaired) electrons. The lowest BCUT2D eigenvalue weighted by Gasteiger charge is -2.24. The van der Waals surface area contributed by atoms with Crippen LogP contribution in [0.1, 0.15) is 12.0 Å². The number of hydrogen-bond donors (Lipinski definition) is 1. The molecule has 1 fully saturated rings.